The second-order valence-corrected chi connectivity index (χ2v) is 10.2. The first kappa shape index (κ1) is 25.9. The molecule has 0 saturated carbocycles. The zero-order chi connectivity index (χ0) is 23.0. The number of fused-ring (bicyclic) bond motifs is 1. The SMILES string of the molecule is CO/N=C(\C(=O)N[C@@H]1C(=O)N2C(C(=O)O)=C(C[N+]3(C)CCCC3)CS[C@H]12)c1csc(N)n1.[Pb]. The summed E-state index contributed by atoms with van der Waals surface area (Å²) >= 11 is 2.61. The summed E-state index contributed by atoms with van der Waals surface area (Å²) in [5.74, 6) is -1.71. The molecule has 0 unspecified atom stereocenters. The Balaban J connectivity index is 0.00000306. The maximum absolute atomic E-state index is 12.9. The number of β-lactam (4-membered cyclic amide) rings is 1. The number of nitrogen functional groups attached to an aromatic ring is 1. The zero-order valence-electron chi connectivity index (χ0n) is 18.2. The molecule has 4 heterocycles. The van der Waals surface area contributed by atoms with Crippen LogP contribution in [0.25, 0.3) is 0 Å². The van der Waals surface area contributed by atoms with Gasteiger partial charge in [-0.2, -0.15) is 0 Å². The quantitative estimate of drug-likeness (QED) is 0.116. The minimum Gasteiger partial charge on any atom is -0.477 e. The number of nitrogens with one attached hydrogen (secondary N) is 1. The Labute approximate surface area is 219 Å². The number of hydrogen-bond donors (Lipinski definition) is 3. The number of quaternary nitrogens is 1. The number of carboxylic acid groups (broad SMARTS) is 1. The number of carboxylic acids is 1. The summed E-state index contributed by atoms with van der Waals surface area (Å²) in [7, 11) is 3.42. The molecule has 0 aliphatic carbocycles. The standard InChI is InChI=1S/C19H24N6O5S2.Pb/c1-25(5-3-4-6-25)7-10-8-31-17-13(16(27)24(17)14(10)18(28)29)22-15(26)12(23-30-2)11-9-32-19(20)21-11;/h9,13,17H,3-8H2,1-2H3,(H3-,20,21,22,26,28,29);/p+1/b23-12-;/t13-,17-;/m1./s1. The van der Waals surface area contributed by atoms with Crippen molar-refractivity contribution in [3.8, 4) is 0 Å². The van der Waals surface area contributed by atoms with E-state index in [9.17, 15) is 19.5 Å². The Hall–Kier alpha value is -1.72. The van der Waals surface area contributed by atoms with Gasteiger partial charge in [0, 0.05) is 56.8 Å². The minimum atomic E-state index is -1.12. The molecule has 0 spiro atoms. The molecule has 2 saturated heterocycles. The third-order valence-corrected chi connectivity index (χ3v) is 7.93. The fourth-order valence-electron chi connectivity index (χ4n) is 4.42. The molecule has 0 aromatic carbocycles. The molecule has 2 amide bonds. The van der Waals surface area contributed by atoms with Crippen molar-refractivity contribution < 1.29 is 28.8 Å². The number of thiazole rings is 1. The van der Waals surface area contributed by atoms with Crippen molar-refractivity contribution in [1.29, 1.82) is 0 Å². The second-order valence-electron chi connectivity index (χ2n) is 8.24. The number of anilines is 1. The number of carbonyl (C=O) groups excluding carboxylic acids is 2. The van der Waals surface area contributed by atoms with Gasteiger partial charge in [0.05, 0.1) is 20.1 Å². The number of amides is 2. The number of nitrogens with two attached hydrogens (primary N) is 1. The van der Waals surface area contributed by atoms with Gasteiger partial charge in [-0.25, -0.2) is 9.78 Å². The molecule has 4 radical (unpaired) electrons. The number of aliphatic carboxylic acids is 1. The van der Waals surface area contributed by atoms with Crippen LogP contribution >= 0.6 is 23.1 Å². The summed E-state index contributed by atoms with van der Waals surface area (Å²) in [6, 6.07) is -0.863. The van der Waals surface area contributed by atoms with Crippen molar-refractivity contribution in [2.24, 2.45) is 5.16 Å². The van der Waals surface area contributed by atoms with Gasteiger partial charge < -0.3 is 25.5 Å². The molecule has 4 rings (SSSR count). The van der Waals surface area contributed by atoms with Crippen LogP contribution in [0.15, 0.2) is 21.8 Å². The summed E-state index contributed by atoms with van der Waals surface area (Å²) in [6.07, 6.45) is 2.24. The Morgan fingerprint density at radius 3 is 2.70 bits per heavy atom. The predicted molar refractivity (Wildman–Crippen MR) is 126 cm³/mol. The summed E-state index contributed by atoms with van der Waals surface area (Å²) in [6.45, 7) is 2.61. The van der Waals surface area contributed by atoms with E-state index in [2.05, 4.69) is 22.5 Å². The normalized spacial score (nSPS) is 24.0. The van der Waals surface area contributed by atoms with Crippen LogP contribution in [-0.4, -0.2) is 121 Å². The van der Waals surface area contributed by atoms with Gasteiger partial charge in [0.15, 0.2) is 10.8 Å². The number of nitrogens with zero attached hydrogens (tertiary/aromatic N) is 4. The molecule has 176 valence electrons. The van der Waals surface area contributed by atoms with Gasteiger partial charge in [-0.05, 0) is 0 Å². The van der Waals surface area contributed by atoms with E-state index >= 15 is 0 Å². The molecule has 0 bridgehead atoms. The third kappa shape index (κ3) is 5.05. The molecular formula is C19H25N6O5PbS2+. The van der Waals surface area contributed by atoms with Crippen LogP contribution in [0.3, 0.4) is 0 Å². The monoisotopic (exact) mass is 689 g/mol. The van der Waals surface area contributed by atoms with E-state index in [1.165, 1.54) is 23.8 Å². The molecule has 3 aliphatic heterocycles. The molecular weight excluding hydrogens is 664 g/mol. The molecule has 2 atom stereocenters. The number of thioether (sulfide) groups is 1. The van der Waals surface area contributed by atoms with Crippen molar-refractivity contribution in [2.75, 3.05) is 45.3 Å². The predicted octanol–water partition coefficient (Wildman–Crippen LogP) is -0.326. The van der Waals surface area contributed by atoms with Crippen molar-refractivity contribution >= 4 is 79.0 Å². The van der Waals surface area contributed by atoms with Crippen molar-refractivity contribution in [3.05, 3.63) is 22.3 Å². The van der Waals surface area contributed by atoms with Crippen LogP contribution in [0.2, 0.25) is 0 Å². The Morgan fingerprint density at radius 2 is 2.12 bits per heavy atom. The van der Waals surface area contributed by atoms with E-state index in [0.29, 0.717) is 12.3 Å². The number of oxime groups is 1. The van der Waals surface area contributed by atoms with Gasteiger partial charge in [-0.1, -0.05) is 5.16 Å². The van der Waals surface area contributed by atoms with Crippen LogP contribution in [0, 0.1) is 0 Å². The van der Waals surface area contributed by atoms with Crippen LogP contribution < -0.4 is 11.1 Å². The number of likely N-dealkylation sites (N-methyl/N-ethyl adjacent to an activating group) is 1. The first-order chi connectivity index (χ1) is 15.2. The molecule has 4 N–H and O–H groups in total. The van der Waals surface area contributed by atoms with Gasteiger partial charge in [0.2, 0.25) is 0 Å². The topological polar surface area (TPSA) is 147 Å². The smallest absolute Gasteiger partial charge is 0.352 e. The summed E-state index contributed by atoms with van der Waals surface area (Å²) < 4.78 is 0.785. The Kier molecular flexibility index (Phi) is 8.06. The Bertz CT molecular complexity index is 1020. The van der Waals surface area contributed by atoms with Crippen LogP contribution in [0.1, 0.15) is 18.5 Å². The fraction of sp³-hybridized carbons (Fsp3) is 0.526. The average molecular weight is 689 g/mol. The summed E-state index contributed by atoms with van der Waals surface area (Å²) in [4.78, 5) is 47.9. The first-order valence-electron chi connectivity index (χ1n) is 10.1. The average Bonchev–Trinajstić information content (AvgIpc) is 3.37. The van der Waals surface area contributed by atoms with Crippen LogP contribution in [-0.2, 0) is 19.2 Å². The van der Waals surface area contributed by atoms with Crippen molar-refractivity contribution in [1.82, 2.24) is 15.2 Å². The second kappa shape index (κ2) is 10.3. The molecule has 2 fully saturated rings. The van der Waals surface area contributed by atoms with Crippen LogP contribution in [0.4, 0.5) is 5.13 Å². The number of aromatic nitrogens is 1. The number of rotatable bonds is 7. The maximum atomic E-state index is 12.9. The van der Waals surface area contributed by atoms with E-state index in [0.717, 1.165) is 47.3 Å². The maximum Gasteiger partial charge on any atom is 0.352 e. The molecule has 3 aliphatic rings. The molecule has 11 nitrogen and oxygen atoms in total. The van der Waals surface area contributed by atoms with E-state index < -0.39 is 29.2 Å². The van der Waals surface area contributed by atoms with E-state index in [4.69, 9.17) is 10.6 Å². The van der Waals surface area contributed by atoms with Crippen LogP contribution in [0.5, 0.6) is 0 Å². The van der Waals surface area contributed by atoms with E-state index in [1.54, 1.807) is 5.38 Å². The van der Waals surface area contributed by atoms with Crippen molar-refractivity contribution in [3.63, 3.8) is 0 Å². The van der Waals surface area contributed by atoms with Gasteiger partial charge in [0.1, 0.15) is 36.5 Å². The molecule has 33 heavy (non-hydrogen) atoms. The van der Waals surface area contributed by atoms with Crippen molar-refractivity contribution in [2.45, 2.75) is 24.3 Å². The molecule has 1 aromatic rings. The summed E-state index contributed by atoms with van der Waals surface area (Å²) in [5, 5.41) is 17.6. The summed E-state index contributed by atoms with van der Waals surface area (Å²) in [5.41, 5.74) is 6.59. The molecule has 14 heteroatoms. The third-order valence-electron chi connectivity index (χ3n) is 5.92. The van der Waals surface area contributed by atoms with Gasteiger partial charge in [-0.3, -0.25) is 14.5 Å². The largest absolute Gasteiger partial charge is 0.477 e. The Morgan fingerprint density at radius 1 is 1.42 bits per heavy atom. The number of carbonyl (C=O) groups is 3. The van der Waals surface area contributed by atoms with Gasteiger partial charge in [-0.15, -0.1) is 23.1 Å². The first-order valence-corrected chi connectivity index (χ1v) is 12.0. The van der Waals surface area contributed by atoms with E-state index in [-0.39, 0.29) is 49.5 Å². The zero-order valence-corrected chi connectivity index (χ0v) is 23.8. The van der Waals surface area contributed by atoms with Gasteiger partial charge in [0.25, 0.3) is 11.8 Å². The van der Waals surface area contributed by atoms with E-state index in [1.807, 2.05) is 0 Å². The number of likely N-dealkylation sites (tertiary alicyclic amines) is 1. The molecule has 1 aromatic heterocycles. The van der Waals surface area contributed by atoms with Gasteiger partial charge >= 0.3 is 5.97 Å². The number of hydrogen-bond acceptors (Lipinski definition) is 9. The minimum absolute atomic E-state index is 0. The fourth-order valence-corrected chi connectivity index (χ4v) is 6.31.